The van der Waals surface area contributed by atoms with E-state index >= 15 is 0 Å². The van der Waals surface area contributed by atoms with Gasteiger partial charge in [0.2, 0.25) is 11.7 Å². The summed E-state index contributed by atoms with van der Waals surface area (Å²) in [4.78, 5) is 14.3. The zero-order valence-corrected chi connectivity index (χ0v) is 32.9. The molecule has 0 radical (unpaired) electrons. The molecule has 2 heterocycles. The van der Waals surface area contributed by atoms with Crippen LogP contribution >= 0.6 is 0 Å². The molecule has 1 N–H and O–H groups in total. The van der Waals surface area contributed by atoms with Gasteiger partial charge in [-0.1, -0.05) is 134 Å². The number of fused-ring (bicyclic) bond motifs is 2. The third kappa shape index (κ3) is 9.03. The van der Waals surface area contributed by atoms with Gasteiger partial charge in [-0.3, -0.25) is 0 Å². The van der Waals surface area contributed by atoms with Crippen LogP contribution in [0.25, 0.3) is 27.3 Å². The Balaban J connectivity index is 1.42. The lowest BCUT2D eigenvalue weighted by atomic mass is 9.83. The monoisotopic (exact) mass is 716 g/mol. The van der Waals surface area contributed by atoms with Gasteiger partial charge in [0.25, 0.3) is 0 Å². The van der Waals surface area contributed by atoms with E-state index in [-0.39, 0.29) is 12.1 Å². The number of aromatic nitrogens is 2. The highest BCUT2D eigenvalue weighted by Crippen LogP contribution is 2.38. The zero-order chi connectivity index (χ0) is 36.1. The van der Waals surface area contributed by atoms with Crippen molar-refractivity contribution in [3.8, 4) is 11.4 Å². The number of H-pyrrole nitrogens is 1. The Morgan fingerprint density at radius 1 is 0.577 bits per heavy atom. The van der Waals surface area contributed by atoms with Crippen molar-refractivity contribution in [3.63, 3.8) is 0 Å². The van der Waals surface area contributed by atoms with Crippen molar-refractivity contribution in [2.45, 2.75) is 117 Å². The number of nitrogens with zero attached hydrogens (tertiary/aromatic N) is 5. The first-order valence-corrected chi connectivity index (χ1v) is 21.1. The van der Waals surface area contributed by atoms with Crippen molar-refractivity contribution in [3.05, 3.63) is 105 Å². The number of imidazole rings is 1. The molecule has 7 heteroatoms. The largest absolute Gasteiger partial charge is 0.372 e. The van der Waals surface area contributed by atoms with Crippen LogP contribution in [0.5, 0.6) is 0 Å². The second-order valence-electron chi connectivity index (χ2n) is 14.6. The lowest BCUT2D eigenvalue weighted by Gasteiger charge is -2.30. The molecule has 2 atom stereocenters. The topological polar surface area (TPSA) is 61.6 Å². The molecule has 0 saturated carbocycles. The summed E-state index contributed by atoms with van der Waals surface area (Å²) >= 11 is 1.36. The lowest BCUT2D eigenvalue weighted by molar-refractivity contribution is 0.636. The fourth-order valence-electron chi connectivity index (χ4n) is 7.73. The number of hydrogen-bond donors (Lipinski definition) is 1. The molecule has 276 valence electrons. The third-order valence-corrected chi connectivity index (χ3v) is 11.3. The van der Waals surface area contributed by atoms with Crippen molar-refractivity contribution < 1.29 is 0 Å². The Kier molecular flexibility index (Phi) is 14.1. The number of unbranched alkanes of at least 4 members (excludes halogenated alkanes) is 8. The fourth-order valence-corrected chi connectivity index (χ4v) is 8.42. The predicted octanol–water partition coefficient (Wildman–Crippen LogP) is 10.2. The van der Waals surface area contributed by atoms with Gasteiger partial charge in [-0.15, -0.1) is 0 Å². The summed E-state index contributed by atoms with van der Waals surface area (Å²) in [6.45, 7) is 13.6. The molecular formula is C45H60N6S. The van der Waals surface area contributed by atoms with Crippen LogP contribution in [0.15, 0.2) is 83.2 Å². The van der Waals surface area contributed by atoms with E-state index < -0.39 is 0 Å². The Labute approximate surface area is 317 Å². The van der Waals surface area contributed by atoms with Gasteiger partial charge < -0.3 is 19.5 Å². The standard InChI is InChI=1S/C45H60N6S/c1-5-9-16-30-50(31-17-10-6-2)37-26-22-34(23-27-37)39-41-42(47-45(46-41)36-20-14-13-15-21-36)40(44-43(39)48-52-49-44)35-24-28-38(29-25-35)51(32-18-11-7-3)33-19-12-8-4/h13-15,20-29,43-44H,5-12,16-19,30-33H2,1-4H3,(H,46,47). The molecule has 0 spiro atoms. The van der Waals surface area contributed by atoms with Gasteiger partial charge in [0.15, 0.2) is 0 Å². The molecule has 2 aliphatic rings. The summed E-state index contributed by atoms with van der Waals surface area (Å²) in [5.41, 5.74) is 8.43. The van der Waals surface area contributed by atoms with Gasteiger partial charge >= 0.3 is 0 Å². The van der Waals surface area contributed by atoms with Crippen molar-refractivity contribution in [2.75, 3.05) is 36.0 Å². The lowest BCUT2D eigenvalue weighted by Crippen LogP contribution is -2.44. The minimum absolute atomic E-state index is 0.0908. The van der Waals surface area contributed by atoms with Gasteiger partial charge in [-0.25, -0.2) is 4.98 Å². The van der Waals surface area contributed by atoms with Crippen LogP contribution < -0.4 is 20.5 Å². The highest BCUT2D eigenvalue weighted by Gasteiger charge is 2.37. The molecule has 3 aromatic carbocycles. The number of nitrogens with one attached hydrogen (secondary N) is 1. The number of benzene rings is 3. The molecule has 0 bridgehead atoms. The average molecular weight is 717 g/mol. The second-order valence-corrected chi connectivity index (χ2v) is 15.2. The van der Waals surface area contributed by atoms with Crippen LogP contribution in [0.1, 0.15) is 116 Å². The predicted molar refractivity (Wildman–Crippen MR) is 224 cm³/mol. The van der Waals surface area contributed by atoms with Crippen LogP contribution in [-0.2, 0) is 11.7 Å². The second kappa shape index (κ2) is 19.3. The summed E-state index contributed by atoms with van der Waals surface area (Å²) in [6.07, 6.45) is 15.0. The molecule has 1 aliphatic heterocycles. The van der Waals surface area contributed by atoms with Gasteiger partial charge in [0, 0.05) is 48.7 Å². The average Bonchev–Trinajstić information content (AvgIpc) is 3.85. The zero-order valence-electron chi connectivity index (χ0n) is 32.1. The van der Waals surface area contributed by atoms with Gasteiger partial charge in [0.05, 0.1) is 10.7 Å². The molecule has 0 saturated heterocycles. The first kappa shape index (κ1) is 37.9. The molecule has 1 aromatic heterocycles. The number of anilines is 2. The van der Waals surface area contributed by atoms with Gasteiger partial charge in [-0.2, -0.15) is 0 Å². The van der Waals surface area contributed by atoms with E-state index in [0.29, 0.717) is 0 Å². The minimum Gasteiger partial charge on any atom is -0.372 e. The van der Waals surface area contributed by atoms with Crippen LogP contribution in [0.3, 0.4) is 0 Å². The molecule has 0 amide bonds. The van der Waals surface area contributed by atoms with E-state index in [1.807, 2.05) is 0 Å². The SMILES string of the molecule is CCCCCN(CCCCC)c1ccc(C2=c3nc(-c4ccccc4)[nH]c3=C(c3ccc(N(CCCCC)CCCCC)cc3)C3N=[S+][N-]C23)cc1. The molecule has 2 unspecified atom stereocenters. The first-order valence-electron chi connectivity index (χ1n) is 20.3. The van der Waals surface area contributed by atoms with Crippen molar-refractivity contribution in [1.29, 1.82) is 0 Å². The van der Waals surface area contributed by atoms with E-state index in [2.05, 4.69) is 121 Å². The molecule has 4 aromatic rings. The number of aromatic amines is 1. The molecule has 6 rings (SSSR count). The van der Waals surface area contributed by atoms with E-state index in [1.54, 1.807) is 0 Å². The third-order valence-electron chi connectivity index (χ3n) is 10.7. The summed E-state index contributed by atoms with van der Waals surface area (Å²) in [5, 5.41) is 2.06. The summed E-state index contributed by atoms with van der Waals surface area (Å²) in [6, 6.07) is 28.8. The number of rotatable bonds is 21. The van der Waals surface area contributed by atoms with Crippen molar-refractivity contribution >= 4 is 34.3 Å². The molecular weight excluding hydrogens is 657 g/mol. The quantitative estimate of drug-likeness (QED) is 0.0531. The van der Waals surface area contributed by atoms with E-state index in [1.165, 1.54) is 122 Å². The van der Waals surface area contributed by atoms with Crippen LogP contribution in [-0.4, -0.2) is 48.2 Å². The van der Waals surface area contributed by atoms with E-state index in [9.17, 15) is 0 Å². The molecule has 0 fully saturated rings. The molecule has 52 heavy (non-hydrogen) atoms. The Morgan fingerprint density at radius 2 is 1.06 bits per heavy atom. The maximum absolute atomic E-state index is 5.36. The van der Waals surface area contributed by atoms with Gasteiger partial charge in [0.1, 0.15) is 11.9 Å². The maximum Gasteiger partial charge on any atom is 0.238 e. The Bertz CT molecular complexity index is 1810. The highest BCUT2D eigenvalue weighted by molar-refractivity contribution is 7.71. The van der Waals surface area contributed by atoms with Crippen LogP contribution in [0.2, 0.25) is 0 Å². The molecule has 6 nitrogen and oxygen atoms in total. The summed E-state index contributed by atoms with van der Waals surface area (Å²) in [5.74, 6) is 0.887. The fraction of sp³-hybridized carbons (Fsp3) is 0.489. The Morgan fingerprint density at radius 3 is 1.54 bits per heavy atom. The van der Waals surface area contributed by atoms with E-state index in [0.717, 1.165) is 48.3 Å². The summed E-state index contributed by atoms with van der Waals surface area (Å²) in [7, 11) is 0. The van der Waals surface area contributed by atoms with Crippen molar-refractivity contribution in [1.82, 2.24) is 9.97 Å². The summed E-state index contributed by atoms with van der Waals surface area (Å²) < 4.78 is 10.2. The first-order chi connectivity index (χ1) is 25.7. The minimum atomic E-state index is -0.102. The van der Waals surface area contributed by atoms with Crippen LogP contribution in [0, 0.1) is 0 Å². The highest BCUT2D eigenvalue weighted by atomic mass is 32.1. The molecule has 1 aliphatic carbocycles. The van der Waals surface area contributed by atoms with E-state index in [4.69, 9.17) is 14.1 Å². The normalized spacial score (nSPS) is 16.3. The smallest absolute Gasteiger partial charge is 0.238 e. The maximum atomic E-state index is 5.36. The van der Waals surface area contributed by atoms with Crippen molar-refractivity contribution in [2.24, 2.45) is 4.36 Å². The number of hydrogen-bond acceptors (Lipinski definition) is 4. The van der Waals surface area contributed by atoms with Gasteiger partial charge in [-0.05, 0) is 77.1 Å². The van der Waals surface area contributed by atoms with Crippen LogP contribution in [0.4, 0.5) is 11.4 Å². The Hall–Kier alpha value is -3.81.